The first-order valence-electron chi connectivity index (χ1n) is 9.99. The highest BCUT2D eigenvalue weighted by atomic mass is 16.5. The van der Waals surface area contributed by atoms with Gasteiger partial charge in [-0.2, -0.15) is 0 Å². The van der Waals surface area contributed by atoms with Gasteiger partial charge in [0.1, 0.15) is 12.0 Å². The summed E-state index contributed by atoms with van der Waals surface area (Å²) in [5, 5.41) is 8.35. The largest absolute Gasteiger partial charge is 0.497 e. The highest BCUT2D eigenvalue weighted by molar-refractivity contribution is 5.94. The molecule has 0 saturated heterocycles. The highest BCUT2D eigenvalue weighted by Crippen LogP contribution is 2.22. The second kappa shape index (κ2) is 10.3. The fourth-order valence-corrected chi connectivity index (χ4v) is 2.73. The van der Waals surface area contributed by atoms with Gasteiger partial charge in [0, 0.05) is 35.8 Å². The Morgan fingerprint density at radius 2 is 1.77 bits per heavy atom. The summed E-state index contributed by atoms with van der Waals surface area (Å²) in [5.41, 5.74) is 2.80. The number of amides is 3. The van der Waals surface area contributed by atoms with Crippen LogP contribution in [-0.4, -0.2) is 30.6 Å². The summed E-state index contributed by atoms with van der Waals surface area (Å²) in [5.74, 6) is 1.07. The van der Waals surface area contributed by atoms with Crippen LogP contribution in [0.25, 0.3) is 11.5 Å². The van der Waals surface area contributed by atoms with E-state index in [-0.39, 0.29) is 17.9 Å². The molecule has 3 rings (SSSR count). The molecule has 0 aliphatic heterocycles. The van der Waals surface area contributed by atoms with Crippen molar-refractivity contribution in [3.05, 3.63) is 60.5 Å². The van der Waals surface area contributed by atoms with Crippen LogP contribution in [0.4, 0.5) is 16.2 Å². The Balaban J connectivity index is 1.47. The van der Waals surface area contributed by atoms with Gasteiger partial charge >= 0.3 is 6.03 Å². The Labute approximate surface area is 181 Å². The van der Waals surface area contributed by atoms with Gasteiger partial charge in [-0.25, -0.2) is 9.78 Å². The van der Waals surface area contributed by atoms with Gasteiger partial charge in [-0.3, -0.25) is 4.79 Å². The monoisotopic (exact) mass is 422 g/mol. The van der Waals surface area contributed by atoms with E-state index in [1.165, 1.54) is 0 Å². The van der Waals surface area contributed by atoms with Crippen molar-refractivity contribution in [3.8, 4) is 17.2 Å². The van der Waals surface area contributed by atoms with Crippen molar-refractivity contribution < 1.29 is 18.7 Å². The summed E-state index contributed by atoms with van der Waals surface area (Å²) in [7, 11) is 1.61. The van der Waals surface area contributed by atoms with E-state index >= 15 is 0 Å². The summed E-state index contributed by atoms with van der Waals surface area (Å²) in [6.45, 7) is 4.03. The first kappa shape index (κ1) is 21.9. The molecule has 31 heavy (non-hydrogen) atoms. The number of urea groups is 1. The highest BCUT2D eigenvalue weighted by Gasteiger charge is 2.09. The number of benzene rings is 2. The number of ether oxygens (including phenoxy) is 1. The molecule has 0 saturated carbocycles. The van der Waals surface area contributed by atoms with Gasteiger partial charge in [-0.15, -0.1) is 0 Å². The molecule has 1 heterocycles. The first-order chi connectivity index (χ1) is 14.9. The molecule has 2 aromatic carbocycles. The van der Waals surface area contributed by atoms with E-state index in [1.54, 1.807) is 37.6 Å². The number of carbonyl (C=O) groups excluding carboxylic acids is 2. The maximum atomic E-state index is 12.2. The summed E-state index contributed by atoms with van der Waals surface area (Å²) >= 11 is 0. The number of nitrogens with zero attached hydrogens (tertiary/aromatic N) is 1. The molecule has 0 fully saturated rings. The van der Waals surface area contributed by atoms with Crippen molar-refractivity contribution in [2.45, 2.75) is 20.3 Å². The Morgan fingerprint density at radius 3 is 2.45 bits per heavy atom. The van der Waals surface area contributed by atoms with Crippen molar-refractivity contribution in [2.75, 3.05) is 24.3 Å². The number of oxazole rings is 1. The Bertz CT molecular complexity index is 1030. The summed E-state index contributed by atoms with van der Waals surface area (Å²) < 4.78 is 10.7. The number of hydrogen-bond donors (Lipinski definition) is 3. The topological polar surface area (TPSA) is 105 Å². The number of nitrogens with one attached hydrogen (secondary N) is 3. The van der Waals surface area contributed by atoms with Crippen molar-refractivity contribution in [1.29, 1.82) is 0 Å². The van der Waals surface area contributed by atoms with Gasteiger partial charge in [-0.05, 0) is 42.5 Å². The Morgan fingerprint density at radius 1 is 1.06 bits per heavy atom. The van der Waals surface area contributed by atoms with E-state index in [0.717, 1.165) is 17.0 Å². The molecule has 3 aromatic rings. The Kier molecular flexibility index (Phi) is 7.26. The molecule has 0 spiro atoms. The van der Waals surface area contributed by atoms with Crippen LogP contribution in [-0.2, 0) is 11.2 Å². The number of anilines is 2. The zero-order valence-corrected chi connectivity index (χ0v) is 17.8. The van der Waals surface area contributed by atoms with Crippen molar-refractivity contribution in [1.82, 2.24) is 10.3 Å². The van der Waals surface area contributed by atoms with Gasteiger partial charge in [0.15, 0.2) is 0 Å². The summed E-state index contributed by atoms with van der Waals surface area (Å²) in [6, 6.07) is 14.1. The van der Waals surface area contributed by atoms with E-state index in [9.17, 15) is 9.59 Å². The molecular formula is C23H26N4O4. The second-order valence-electron chi connectivity index (χ2n) is 7.23. The molecule has 162 valence electrons. The van der Waals surface area contributed by atoms with Crippen LogP contribution in [0.15, 0.2) is 59.2 Å². The van der Waals surface area contributed by atoms with E-state index in [4.69, 9.17) is 9.15 Å². The maximum Gasteiger partial charge on any atom is 0.319 e. The molecule has 3 amide bonds. The fourth-order valence-electron chi connectivity index (χ4n) is 2.73. The molecule has 0 unspecified atom stereocenters. The molecule has 1 aromatic heterocycles. The van der Waals surface area contributed by atoms with Crippen LogP contribution < -0.4 is 20.7 Å². The standard InChI is InChI=1S/C23H26N4O4/c1-15(2)21(28)25-17-5-4-6-18(13-17)27-23(29)24-12-11-19-14-31-22(26-19)16-7-9-20(30-3)10-8-16/h4-10,13-15H,11-12H2,1-3H3,(H,25,28)(H2,24,27,29). The van der Waals surface area contributed by atoms with Crippen LogP contribution in [0.2, 0.25) is 0 Å². The lowest BCUT2D eigenvalue weighted by Crippen LogP contribution is -2.30. The van der Waals surface area contributed by atoms with Gasteiger partial charge in [-0.1, -0.05) is 19.9 Å². The molecule has 0 bridgehead atoms. The molecule has 8 heteroatoms. The van der Waals surface area contributed by atoms with Crippen molar-refractivity contribution in [2.24, 2.45) is 5.92 Å². The average Bonchev–Trinajstić information content (AvgIpc) is 3.23. The van der Waals surface area contributed by atoms with Gasteiger partial charge in [0.2, 0.25) is 11.8 Å². The molecule has 3 N–H and O–H groups in total. The Hall–Kier alpha value is -3.81. The lowest BCUT2D eigenvalue weighted by molar-refractivity contribution is -0.118. The van der Waals surface area contributed by atoms with Crippen molar-refractivity contribution in [3.63, 3.8) is 0 Å². The zero-order valence-electron chi connectivity index (χ0n) is 17.8. The summed E-state index contributed by atoms with van der Waals surface area (Å²) in [6.07, 6.45) is 2.11. The van der Waals surface area contributed by atoms with Crippen molar-refractivity contribution >= 4 is 23.3 Å². The number of methoxy groups -OCH3 is 1. The third kappa shape index (κ3) is 6.33. The van der Waals surface area contributed by atoms with Gasteiger partial charge in [0.25, 0.3) is 0 Å². The fraction of sp³-hybridized carbons (Fsp3) is 0.261. The normalized spacial score (nSPS) is 10.6. The number of hydrogen-bond acceptors (Lipinski definition) is 5. The van der Waals surface area contributed by atoms with Gasteiger partial charge in [0.05, 0.1) is 12.8 Å². The SMILES string of the molecule is COc1ccc(-c2nc(CCNC(=O)Nc3cccc(NC(=O)C(C)C)c3)co2)cc1. The van der Waals surface area contributed by atoms with Crippen LogP contribution in [0.1, 0.15) is 19.5 Å². The van der Waals surface area contributed by atoms with E-state index in [1.807, 2.05) is 38.1 Å². The van der Waals surface area contributed by atoms with Crippen LogP contribution in [0, 0.1) is 5.92 Å². The van der Waals surface area contributed by atoms with Gasteiger partial charge < -0.3 is 25.1 Å². The smallest absolute Gasteiger partial charge is 0.319 e. The molecule has 0 radical (unpaired) electrons. The molecule has 0 aliphatic carbocycles. The van der Waals surface area contributed by atoms with Crippen LogP contribution >= 0.6 is 0 Å². The molecule has 0 atom stereocenters. The van der Waals surface area contributed by atoms with E-state index in [0.29, 0.717) is 30.2 Å². The third-order valence-electron chi connectivity index (χ3n) is 4.47. The minimum atomic E-state index is -0.341. The number of rotatable bonds is 8. The molecular weight excluding hydrogens is 396 g/mol. The quantitative estimate of drug-likeness (QED) is 0.502. The average molecular weight is 422 g/mol. The second-order valence-corrected chi connectivity index (χ2v) is 7.23. The molecule has 8 nitrogen and oxygen atoms in total. The van der Waals surface area contributed by atoms with Crippen LogP contribution in [0.3, 0.4) is 0 Å². The predicted octanol–water partition coefficient (Wildman–Crippen LogP) is 4.31. The van der Waals surface area contributed by atoms with E-state index < -0.39 is 0 Å². The summed E-state index contributed by atoms with van der Waals surface area (Å²) in [4.78, 5) is 28.4. The lowest BCUT2D eigenvalue weighted by Gasteiger charge is -2.10. The third-order valence-corrected chi connectivity index (χ3v) is 4.47. The first-order valence-corrected chi connectivity index (χ1v) is 9.99. The minimum absolute atomic E-state index is 0.0803. The number of carbonyl (C=O) groups is 2. The number of aromatic nitrogens is 1. The predicted molar refractivity (Wildman–Crippen MR) is 119 cm³/mol. The van der Waals surface area contributed by atoms with Crippen LogP contribution in [0.5, 0.6) is 5.75 Å². The lowest BCUT2D eigenvalue weighted by atomic mass is 10.2. The minimum Gasteiger partial charge on any atom is -0.497 e. The molecule has 0 aliphatic rings. The van der Waals surface area contributed by atoms with E-state index in [2.05, 4.69) is 20.9 Å². The maximum absolute atomic E-state index is 12.2. The zero-order chi connectivity index (χ0) is 22.2.